The molecule has 0 fully saturated rings. The highest BCUT2D eigenvalue weighted by Gasteiger charge is 2.01. The summed E-state index contributed by atoms with van der Waals surface area (Å²) in [6.45, 7) is 5.86. The van der Waals surface area contributed by atoms with E-state index < -0.39 is 0 Å². The number of hydrogen-bond donors (Lipinski definition) is 2. The third-order valence-corrected chi connectivity index (χ3v) is 2.38. The van der Waals surface area contributed by atoms with Crippen molar-refractivity contribution in [3.05, 3.63) is 23.8 Å². The summed E-state index contributed by atoms with van der Waals surface area (Å²) in [5.41, 5.74) is 8.81. The third-order valence-electron chi connectivity index (χ3n) is 2.38. The van der Waals surface area contributed by atoms with Gasteiger partial charge in [-0.25, -0.2) is 0 Å². The molecule has 0 aliphatic rings. The Kier molecular flexibility index (Phi) is 4.43. The summed E-state index contributed by atoms with van der Waals surface area (Å²) in [7, 11) is 1.73. The fourth-order valence-corrected chi connectivity index (χ4v) is 1.42. The first-order valence-electron chi connectivity index (χ1n) is 5.22. The summed E-state index contributed by atoms with van der Waals surface area (Å²) in [6.07, 6.45) is 0. The van der Waals surface area contributed by atoms with Gasteiger partial charge in [0.2, 0.25) is 0 Å². The van der Waals surface area contributed by atoms with Crippen molar-refractivity contribution in [2.24, 2.45) is 5.92 Å². The molecule has 0 spiro atoms. The zero-order chi connectivity index (χ0) is 11.3. The topological polar surface area (TPSA) is 47.3 Å². The van der Waals surface area contributed by atoms with Gasteiger partial charge in [0.25, 0.3) is 0 Å². The van der Waals surface area contributed by atoms with Crippen molar-refractivity contribution in [2.75, 3.05) is 31.3 Å². The van der Waals surface area contributed by atoms with Crippen molar-refractivity contribution in [3.63, 3.8) is 0 Å². The minimum Gasteiger partial charge on any atom is -0.399 e. The molecular weight excluding hydrogens is 188 g/mol. The van der Waals surface area contributed by atoms with Crippen LogP contribution in [-0.4, -0.2) is 20.3 Å². The third kappa shape index (κ3) is 3.80. The summed E-state index contributed by atoms with van der Waals surface area (Å²) in [5, 5.41) is 3.36. The van der Waals surface area contributed by atoms with Crippen LogP contribution in [0, 0.1) is 12.8 Å². The van der Waals surface area contributed by atoms with E-state index in [2.05, 4.69) is 18.3 Å². The highest BCUT2D eigenvalue weighted by Crippen LogP contribution is 2.16. The first-order valence-corrected chi connectivity index (χ1v) is 5.22. The number of rotatable bonds is 5. The number of nitrogens with one attached hydrogen (secondary N) is 1. The average Bonchev–Trinajstić information content (AvgIpc) is 2.20. The molecule has 0 heterocycles. The van der Waals surface area contributed by atoms with Crippen molar-refractivity contribution >= 4 is 11.4 Å². The monoisotopic (exact) mass is 208 g/mol. The van der Waals surface area contributed by atoms with E-state index in [-0.39, 0.29) is 0 Å². The molecule has 3 nitrogen and oxygen atoms in total. The maximum atomic E-state index is 5.74. The molecule has 0 amide bonds. The van der Waals surface area contributed by atoms with Gasteiger partial charge >= 0.3 is 0 Å². The molecule has 0 saturated heterocycles. The number of nitrogens with two attached hydrogens (primary N) is 1. The van der Waals surface area contributed by atoms with Gasteiger partial charge in [0.15, 0.2) is 0 Å². The van der Waals surface area contributed by atoms with E-state index in [1.807, 2.05) is 19.1 Å². The van der Waals surface area contributed by atoms with Crippen LogP contribution in [0.2, 0.25) is 0 Å². The van der Waals surface area contributed by atoms with E-state index in [1.165, 1.54) is 0 Å². The van der Waals surface area contributed by atoms with Crippen molar-refractivity contribution in [1.29, 1.82) is 0 Å². The van der Waals surface area contributed by atoms with Gasteiger partial charge in [0, 0.05) is 25.0 Å². The molecule has 1 rings (SSSR count). The number of anilines is 2. The van der Waals surface area contributed by atoms with Gasteiger partial charge in [0.1, 0.15) is 0 Å². The molecule has 1 aromatic carbocycles. The fourth-order valence-electron chi connectivity index (χ4n) is 1.42. The molecule has 0 saturated carbocycles. The van der Waals surface area contributed by atoms with Gasteiger partial charge in [-0.15, -0.1) is 0 Å². The number of aryl methyl sites for hydroxylation is 1. The average molecular weight is 208 g/mol. The first kappa shape index (κ1) is 11.9. The molecule has 0 bridgehead atoms. The van der Waals surface area contributed by atoms with Gasteiger partial charge in [-0.05, 0) is 36.6 Å². The van der Waals surface area contributed by atoms with Crippen LogP contribution in [0.25, 0.3) is 0 Å². The standard InChI is InChI=1S/C12H20N2O/c1-9(8-15-3)7-14-11-4-5-12(13)10(2)6-11/h4-6,9,14H,7-8,13H2,1-3H3. The lowest BCUT2D eigenvalue weighted by molar-refractivity contribution is 0.164. The minimum atomic E-state index is 0.507. The molecule has 1 unspecified atom stereocenters. The highest BCUT2D eigenvalue weighted by atomic mass is 16.5. The molecule has 0 radical (unpaired) electrons. The Morgan fingerprint density at radius 1 is 1.47 bits per heavy atom. The number of hydrogen-bond acceptors (Lipinski definition) is 3. The maximum absolute atomic E-state index is 5.74. The summed E-state index contributed by atoms with van der Waals surface area (Å²) < 4.78 is 5.07. The lowest BCUT2D eigenvalue weighted by atomic mass is 10.1. The Morgan fingerprint density at radius 2 is 2.20 bits per heavy atom. The van der Waals surface area contributed by atoms with Gasteiger partial charge in [-0.2, -0.15) is 0 Å². The Labute approximate surface area is 91.6 Å². The lowest BCUT2D eigenvalue weighted by Crippen LogP contribution is -2.15. The van der Waals surface area contributed by atoms with Crippen molar-refractivity contribution in [2.45, 2.75) is 13.8 Å². The Morgan fingerprint density at radius 3 is 2.80 bits per heavy atom. The number of nitrogen functional groups attached to an aromatic ring is 1. The maximum Gasteiger partial charge on any atom is 0.0504 e. The normalized spacial score (nSPS) is 12.5. The Hall–Kier alpha value is -1.22. The van der Waals surface area contributed by atoms with Gasteiger partial charge < -0.3 is 15.8 Å². The van der Waals surface area contributed by atoms with E-state index in [9.17, 15) is 0 Å². The van der Waals surface area contributed by atoms with Crippen LogP contribution < -0.4 is 11.1 Å². The van der Waals surface area contributed by atoms with Crippen LogP contribution in [0.15, 0.2) is 18.2 Å². The molecule has 15 heavy (non-hydrogen) atoms. The van der Waals surface area contributed by atoms with Crippen LogP contribution in [0.4, 0.5) is 11.4 Å². The van der Waals surface area contributed by atoms with Crippen LogP contribution in [-0.2, 0) is 4.74 Å². The first-order chi connectivity index (χ1) is 7.13. The lowest BCUT2D eigenvalue weighted by Gasteiger charge is -2.13. The Balaban J connectivity index is 2.47. The quantitative estimate of drug-likeness (QED) is 0.730. The summed E-state index contributed by atoms with van der Waals surface area (Å²) in [6, 6.07) is 6.00. The zero-order valence-electron chi connectivity index (χ0n) is 9.71. The van der Waals surface area contributed by atoms with Crippen LogP contribution in [0.1, 0.15) is 12.5 Å². The van der Waals surface area contributed by atoms with Gasteiger partial charge in [-0.3, -0.25) is 0 Å². The smallest absolute Gasteiger partial charge is 0.0504 e. The molecule has 3 N–H and O–H groups in total. The van der Waals surface area contributed by atoms with E-state index in [0.29, 0.717) is 5.92 Å². The molecular formula is C12H20N2O. The SMILES string of the molecule is COCC(C)CNc1ccc(N)c(C)c1. The number of benzene rings is 1. The zero-order valence-corrected chi connectivity index (χ0v) is 9.71. The molecule has 84 valence electrons. The molecule has 1 atom stereocenters. The minimum absolute atomic E-state index is 0.507. The second kappa shape index (κ2) is 5.61. The largest absolute Gasteiger partial charge is 0.399 e. The fraction of sp³-hybridized carbons (Fsp3) is 0.500. The second-order valence-electron chi connectivity index (χ2n) is 4.01. The van der Waals surface area contributed by atoms with Gasteiger partial charge in [-0.1, -0.05) is 6.92 Å². The number of methoxy groups -OCH3 is 1. The summed E-state index contributed by atoms with van der Waals surface area (Å²) in [5.74, 6) is 0.507. The van der Waals surface area contributed by atoms with E-state index in [0.717, 1.165) is 30.1 Å². The predicted molar refractivity (Wildman–Crippen MR) is 65.1 cm³/mol. The van der Waals surface area contributed by atoms with Gasteiger partial charge in [0.05, 0.1) is 6.61 Å². The Bertz CT molecular complexity index is 312. The van der Waals surface area contributed by atoms with E-state index in [1.54, 1.807) is 7.11 Å². The summed E-state index contributed by atoms with van der Waals surface area (Å²) in [4.78, 5) is 0. The number of ether oxygens (including phenoxy) is 1. The molecule has 3 heteroatoms. The van der Waals surface area contributed by atoms with Crippen molar-refractivity contribution < 1.29 is 4.74 Å². The molecule has 0 aromatic heterocycles. The van der Waals surface area contributed by atoms with Crippen molar-refractivity contribution in [1.82, 2.24) is 0 Å². The highest BCUT2D eigenvalue weighted by molar-refractivity contribution is 5.56. The second-order valence-corrected chi connectivity index (χ2v) is 4.01. The predicted octanol–water partition coefficient (Wildman–Crippen LogP) is 2.27. The van der Waals surface area contributed by atoms with E-state index in [4.69, 9.17) is 10.5 Å². The van der Waals surface area contributed by atoms with E-state index >= 15 is 0 Å². The van der Waals surface area contributed by atoms with Crippen LogP contribution in [0.5, 0.6) is 0 Å². The van der Waals surface area contributed by atoms with Crippen LogP contribution >= 0.6 is 0 Å². The van der Waals surface area contributed by atoms with Crippen molar-refractivity contribution in [3.8, 4) is 0 Å². The molecule has 0 aliphatic heterocycles. The molecule has 0 aliphatic carbocycles. The molecule has 1 aromatic rings. The van der Waals surface area contributed by atoms with Crippen LogP contribution in [0.3, 0.4) is 0 Å². The summed E-state index contributed by atoms with van der Waals surface area (Å²) >= 11 is 0.